The van der Waals surface area contributed by atoms with Crippen LogP contribution in [-0.2, 0) is 6.42 Å². The molecule has 3 heterocycles. The summed E-state index contributed by atoms with van der Waals surface area (Å²) in [6.07, 6.45) is 2.41. The summed E-state index contributed by atoms with van der Waals surface area (Å²) in [5, 5.41) is 4.10. The topological polar surface area (TPSA) is 99.8 Å². The molecule has 9 heteroatoms. The Balaban J connectivity index is 1.34. The highest BCUT2D eigenvalue weighted by atomic mass is 16.5. The van der Waals surface area contributed by atoms with Crippen LogP contribution in [0.1, 0.15) is 29.1 Å². The number of aromatic nitrogens is 3. The van der Waals surface area contributed by atoms with Crippen molar-refractivity contribution in [1.29, 1.82) is 0 Å². The lowest BCUT2D eigenvalue weighted by Crippen LogP contribution is -2.39. The van der Waals surface area contributed by atoms with Crippen LogP contribution in [0.5, 0.6) is 17.5 Å². The van der Waals surface area contributed by atoms with E-state index < -0.39 is 0 Å². The third-order valence-corrected chi connectivity index (χ3v) is 5.65. The van der Waals surface area contributed by atoms with Crippen molar-refractivity contribution < 1.29 is 23.5 Å². The molecule has 0 atom stereocenters. The molecule has 2 aromatic heterocycles. The molecule has 1 aromatic carbocycles. The SMILES string of the molecule is COc1ccc(-c2noc(CC3CCN(C(=O)c4ccc(OC)nc4OC)CC3)n2)cc1. The number of ether oxygens (including phenoxy) is 3. The van der Waals surface area contributed by atoms with Gasteiger partial charge in [0.1, 0.15) is 11.3 Å². The number of carbonyl (C=O) groups excluding carboxylic acids is 1. The lowest BCUT2D eigenvalue weighted by atomic mass is 9.93. The Bertz CT molecular complexity index is 1060. The number of nitrogens with zero attached hydrogens (tertiary/aromatic N) is 4. The predicted octanol–water partition coefficient (Wildman–Crippen LogP) is 3.25. The van der Waals surface area contributed by atoms with Gasteiger partial charge < -0.3 is 23.6 Å². The molecule has 1 amide bonds. The number of hydrogen-bond donors (Lipinski definition) is 0. The summed E-state index contributed by atoms with van der Waals surface area (Å²) >= 11 is 0. The molecule has 0 saturated carbocycles. The number of carbonyl (C=O) groups is 1. The van der Waals surface area contributed by atoms with Crippen LogP contribution in [0.4, 0.5) is 0 Å². The van der Waals surface area contributed by atoms with Crippen molar-refractivity contribution in [2.24, 2.45) is 5.92 Å². The van der Waals surface area contributed by atoms with Crippen molar-refractivity contribution in [2.75, 3.05) is 34.4 Å². The minimum absolute atomic E-state index is 0.0879. The molecule has 168 valence electrons. The van der Waals surface area contributed by atoms with Gasteiger partial charge in [0.2, 0.25) is 23.5 Å². The van der Waals surface area contributed by atoms with Crippen molar-refractivity contribution in [3.8, 4) is 28.9 Å². The average Bonchev–Trinajstić information content (AvgIpc) is 3.32. The van der Waals surface area contributed by atoms with Gasteiger partial charge in [-0.3, -0.25) is 4.79 Å². The first kappa shape index (κ1) is 21.6. The maximum atomic E-state index is 13.0. The number of benzene rings is 1. The second-order valence-corrected chi connectivity index (χ2v) is 7.59. The van der Waals surface area contributed by atoms with Gasteiger partial charge in [-0.05, 0) is 49.1 Å². The van der Waals surface area contributed by atoms with E-state index in [-0.39, 0.29) is 11.8 Å². The number of piperidine rings is 1. The van der Waals surface area contributed by atoms with Crippen molar-refractivity contribution in [3.63, 3.8) is 0 Å². The zero-order valence-corrected chi connectivity index (χ0v) is 18.4. The predicted molar refractivity (Wildman–Crippen MR) is 116 cm³/mol. The summed E-state index contributed by atoms with van der Waals surface area (Å²) in [5.41, 5.74) is 1.32. The van der Waals surface area contributed by atoms with Crippen LogP contribution in [0.2, 0.25) is 0 Å². The second kappa shape index (κ2) is 9.67. The number of methoxy groups -OCH3 is 3. The van der Waals surface area contributed by atoms with Gasteiger partial charge in [0.05, 0.1) is 21.3 Å². The summed E-state index contributed by atoms with van der Waals surface area (Å²) in [6, 6.07) is 10.9. The van der Waals surface area contributed by atoms with E-state index in [1.165, 1.54) is 14.2 Å². The van der Waals surface area contributed by atoms with Gasteiger partial charge in [-0.25, -0.2) is 0 Å². The van der Waals surface area contributed by atoms with E-state index in [1.54, 1.807) is 19.2 Å². The Morgan fingerprint density at radius 3 is 2.41 bits per heavy atom. The molecular formula is C23H26N4O5. The summed E-state index contributed by atoms with van der Waals surface area (Å²) in [7, 11) is 4.65. The maximum absolute atomic E-state index is 13.0. The van der Waals surface area contributed by atoms with Crippen LogP contribution in [0.25, 0.3) is 11.4 Å². The monoisotopic (exact) mass is 438 g/mol. The van der Waals surface area contributed by atoms with Gasteiger partial charge in [0.15, 0.2) is 0 Å². The molecule has 0 spiro atoms. The summed E-state index contributed by atoms with van der Waals surface area (Å²) in [6.45, 7) is 1.30. The first-order valence-corrected chi connectivity index (χ1v) is 10.5. The zero-order valence-electron chi connectivity index (χ0n) is 18.4. The third-order valence-electron chi connectivity index (χ3n) is 5.65. The minimum atomic E-state index is -0.0879. The molecule has 0 unspecified atom stereocenters. The van der Waals surface area contributed by atoms with Gasteiger partial charge in [-0.1, -0.05) is 5.16 Å². The Morgan fingerprint density at radius 2 is 1.75 bits per heavy atom. The van der Waals surface area contributed by atoms with Crippen molar-refractivity contribution >= 4 is 5.91 Å². The summed E-state index contributed by atoms with van der Waals surface area (Å²) in [4.78, 5) is 23.5. The lowest BCUT2D eigenvalue weighted by molar-refractivity contribution is 0.0683. The van der Waals surface area contributed by atoms with Crippen LogP contribution in [0.15, 0.2) is 40.9 Å². The number of pyridine rings is 1. The quantitative estimate of drug-likeness (QED) is 0.554. The normalized spacial score (nSPS) is 14.3. The van der Waals surface area contributed by atoms with E-state index in [9.17, 15) is 4.79 Å². The van der Waals surface area contributed by atoms with Gasteiger partial charge in [0.25, 0.3) is 5.91 Å². The van der Waals surface area contributed by atoms with Gasteiger partial charge in [-0.15, -0.1) is 0 Å². The molecule has 32 heavy (non-hydrogen) atoms. The standard InChI is InChI=1S/C23H26N4O5/c1-29-17-6-4-16(5-7-17)21-24-20(32-26-21)14-15-10-12-27(13-11-15)23(28)18-8-9-19(30-2)25-22(18)31-3/h4-9,15H,10-14H2,1-3H3. The van der Waals surface area contributed by atoms with E-state index in [4.69, 9.17) is 18.7 Å². The molecule has 9 nitrogen and oxygen atoms in total. The molecule has 1 aliphatic heterocycles. The first-order valence-electron chi connectivity index (χ1n) is 10.5. The molecule has 1 aliphatic rings. The third kappa shape index (κ3) is 4.66. The molecule has 0 N–H and O–H groups in total. The van der Waals surface area contributed by atoms with E-state index in [0.717, 1.165) is 24.2 Å². The number of amides is 1. The molecule has 3 aromatic rings. The smallest absolute Gasteiger partial charge is 0.259 e. The Labute approximate surface area is 186 Å². The first-order chi connectivity index (χ1) is 15.6. The van der Waals surface area contributed by atoms with Gasteiger partial charge in [0, 0.05) is 31.1 Å². The lowest BCUT2D eigenvalue weighted by Gasteiger charge is -2.31. The number of rotatable bonds is 7. The van der Waals surface area contributed by atoms with E-state index in [2.05, 4.69) is 15.1 Å². The van der Waals surface area contributed by atoms with E-state index in [1.807, 2.05) is 29.2 Å². The van der Waals surface area contributed by atoms with Crippen molar-refractivity contribution in [1.82, 2.24) is 20.0 Å². The minimum Gasteiger partial charge on any atom is -0.497 e. The molecule has 0 bridgehead atoms. The van der Waals surface area contributed by atoms with Crippen LogP contribution < -0.4 is 14.2 Å². The highest BCUT2D eigenvalue weighted by Gasteiger charge is 2.27. The summed E-state index contributed by atoms with van der Waals surface area (Å²) in [5.74, 6) is 2.92. The fourth-order valence-electron chi connectivity index (χ4n) is 3.81. The fraction of sp³-hybridized carbons (Fsp3) is 0.391. The van der Waals surface area contributed by atoms with Crippen molar-refractivity contribution in [2.45, 2.75) is 19.3 Å². The van der Waals surface area contributed by atoms with E-state index in [0.29, 0.717) is 48.6 Å². The zero-order chi connectivity index (χ0) is 22.5. The largest absolute Gasteiger partial charge is 0.497 e. The number of hydrogen-bond acceptors (Lipinski definition) is 8. The second-order valence-electron chi connectivity index (χ2n) is 7.59. The van der Waals surface area contributed by atoms with Gasteiger partial charge in [-0.2, -0.15) is 9.97 Å². The average molecular weight is 438 g/mol. The van der Waals surface area contributed by atoms with Crippen LogP contribution >= 0.6 is 0 Å². The Kier molecular flexibility index (Phi) is 6.53. The number of likely N-dealkylation sites (tertiary alicyclic amines) is 1. The molecule has 0 aliphatic carbocycles. The highest BCUT2D eigenvalue weighted by molar-refractivity contribution is 5.96. The van der Waals surface area contributed by atoms with Crippen molar-refractivity contribution in [3.05, 3.63) is 47.9 Å². The Hall–Kier alpha value is -3.62. The summed E-state index contributed by atoms with van der Waals surface area (Å²) < 4.78 is 21.0. The molecular weight excluding hydrogens is 412 g/mol. The highest BCUT2D eigenvalue weighted by Crippen LogP contribution is 2.27. The van der Waals surface area contributed by atoms with Crippen LogP contribution in [-0.4, -0.2) is 60.4 Å². The molecule has 1 saturated heterocycles. The van der Waals surface area contributed by atoms with Gasteiger partial charge >= 0.3 is 0 Å². The van der Waals surface area contributed by atoms with E-state index >= 15 is 0 Å². The maximum Gasteiger partial charge on any atom is 0.259 e. The van der Waals surface area contributed by atoms with Crippen LogP contribution in [0, 0.1) is 5.92 Å². The van der Waals surface area contributed by atoms with Crippen LogP contribution in [0.3, 0.4) is 0 Å². The fourth-order valence-corrected chi connectivity index (χ4v) is 3.81. The Morgan fingerprint density at radius 1 is 1.00 bits per heavy atom. The molecule has 1 fully saturated rings. The molecule has 4 rings (SSSR count). The molecule has 0 radical (unpaired) electrons.